The molecule has 5 aromatic heterocycles. The summed E-state index contributed by atoms with van der Waals surface area (Å²) in [4.78, 5) is 3.99. The predicted octanol–water partition coefficient (Wildman–Crippen LogP) is 14.7. The molecule has 0 aliphatic rings. The molecule has 0 saturated carbocycles. The van der Waals surface area contributed by atoms with E-state index in [0.717, 1.165) is 45.3 Å². The number of halogens is 12. The number of aromatic amines is 1. The number of H-pyrrole nitrogens is 1. The second-order valence-corrected chi connectivity index (χ2v) is 15.2. The van der Waals surface area contributed by atoms with Crippen LogP contribution in [0.4, 0.5) is 52.7 Å². The van der Waals surface area contributed by atoms with Crippen LogP contribution in [-0.2, 0) is 0 Å². The number of aliphatic hydroxyl groups excluding tert-OH is 8. The minimum atomic E-state index is -4.88. The molecule has 1 radical (unpaired) electrons. The quantitative estimate of drug-likeness (QED) is 0.0489. The van der Waals surface area contributed by atoms with Crippen LogP contribution in [0.15, 0.2) is 159 Å². The molecule has 5 heterocycles. The fourth-order valence-electron chi connectivity index (χ4n) is 3.70. The van der Waals surface area contributed by atoms with Crippen LogP contribution in [0.25, 0.3) is 33.9 Å². The summed E-state index contributed by atoms with van der Waals surface area (Å²) < 4.78 is 141. The van der Waals surface area contributed by atoms with Crippen molar-refractivity contribution in [1.82, 2.24) is 0 Å². The Bertz CT molecular complexity index is 2350. The third-order valence-electron chi connectivity index (χ3n) is 6.61. The van der Waals surface area contributed by atoms with Crippen molar-refractivity contribution in [2.45, 2.75) is 24.7 Å². The third-order valence-corrected chi connectivity index (χ3v) is 10.1. The van der Waals surface area contributed by atoms with Crippen LogP contribution in [0.5, 0.6) is 0 Å². The van der Waals surface area contributed by atoms with Gasteiger partial charge < -0.3 is 40.9 Å². The Morgan fingerprint density at radius 2 is 0.627 bits per heavy atom. The molecule has 9 nitrogen and oxygen atoms in total. The molecule has 67 heavy (non-hydrogen) atoms. The van der Waals surface area contributed by atoms with Crippen molar-refractivity contribution in [3.8, 4) is 0 Å². The van der Waals surface area contributed by atoms with Gasteiger partial charge in [-0.3, -0.25) is 0 Å². The van der Waals surface area contributed by atoms with Crippen molar-refractivity contribution in [2.75, 3.05) is 0 Å². The Hall–Kier alpha value is -5.74. The van der Waals surface area contributed by atoms with Crippen molar-refractivity contribution in [1.29, 1.82) is 0 Å². The van der Waals surface area contributed by atoms with Crippen LogP contribution in [0.2, 0.25) is 0 Å². The summed E-state index contributed by atoms with van der Waals surface area (Å²) in [6, 6.07) is 24.2. The molecule has 26 heteroatoms. The molecule has 9 N–H and O–H groups in total. The van der Waals surface area contributed by atoms with Gasteiger partial charge in [-0.25, -0.2) is 4.98 Å². The topological polar surface area (TPSA) is 176 Å². The van der Waals surface area contributed by atoms with Crippen LogP contribution in [0.3, 0.4) is 0 Å². The number of rotatable bonds is 4. The Morgan fingerprint density at radius 1 is 0.373 bits per heavy atom. The molecule has 0 amide bonds. The molecule has 0 fully saturated rings. The number of alkyl halides is 12. The number of pyridine rings is 1. The minimum absolute atomic E-state index is 0. The van der Waals surface area contributed by atoms with Gasteiger partial charge in [0.2, 0.25) is 28.6 Å². The van der Waals surface area contributed by atoms with Crippen LogP contribution in [-0.4, -0.2) is 65.6 Å². The molecule has 355 valence electrons. The van der Waals surface area contributed by atoms with Crippen LogP contribution < -0.4 is 4.98 Å². The van der Waals surface area contributed by atoms with Crippen molar-refractivity contribution in [3.63, 3.8) is 0 Å². The third kappa shape index (κ3) is 22.1. The molecular formula is C41H28F12LaNO8S4+. The summed E-state index contributed by atoms with van der Waals surface area (Å²) in [6.07, 6.45) is -17.6. The first-order valence-corrected chi connectivity index (χ1v) is 20.5. The normalized spacial score (nSPS) is 10.5. The molecule has 6 rings (SSSR count). The molecule has 0 aliphatic heterocycles. The average Bonchev–Trinajstić information content (AvgIpc) is 4.09. The number of hydrogen-bond donors (Lipinski definition) is 8. The van der Waals surface area contributed by atoms with Gasteiger partial charge in [0.1, 0.15) is 0 Å². The van der Waals surface area contributed by atoms with Crippen molar-refractivity contribution in [2.24, 2.45) is 0 Å². The molecule has 0 unspecified atom stereocenters. The maximum atomic E-state index is 11.8. The zero-order valence-corrected chi connectivity index (χ0v) is 39.7. The van der Waals surface area contributed by atoms with E-state index < -0.39 is 70.8 Å². The monoisotopic (exact) mass is 1160 g/mol. The number of para-hydroxylation sites is 1. The zero-order valence-electron chi connectivity index (χ0n) is 32.8. The van der Waals surface area contributed by atoms with Gasteiger partial charge in [0.25, 0.3) is 0 Å². The predicted molar refractivity (Wildman–Crippen MR) is 225 cm³/mol. The van der Waals surface area contributed by atoms with Crippen LogP contribution in [0, 0.1) is 35.6 Å². The number of thiophene rings is 4. The molecule has 0 spiro atoms. The Kier molecular flexibility index (Phi) is 24.0. The molecular weight excluding hydrogens is 1130 g/mol. The van der Waals surface area contributed by atoms with E-state index in [9.17, 15) is 52.7 Å². The first-order chi connectivity index (χ1) is 30.6. The molecule has 0 bridgehead atoms. The van der Waals surface area contributed by atoms with Crippen LogP contribution in [0.1, 0.15) is 19.5 Å². The van der Waals surface area contributed by atoms with E-state index in [1.165, 1.54) is 58.1 Å². The van der Waals surface area contributed by atoms with Crippen molar-refractivity contribution < 1.29 is 134 Å². The first-order valence-electron chi connectivity index (χ1n) is 17.0. The standard InChI is InChI=1S/C9H7N.4C8H5F3O2S.La/c1-2-6-9-8(4-1)5-3-7-10-9;4*9-8(10,11)7(13)4-5(12)6-2-1-3-14-6;/h1-7H;4*1-3,12-13H;/p+1. The van der Waals surface area contributed by atoms with Gasteiger partial charge in [0.05, 0.1) is 19.5 Å². The summed E-state index contributed by atoms with van der Waals surface area (Å²) >= 11 is 4.17. The number of aromatic nitrogens is 1. The zero-order chi connectivity index (χ0) is 49.9. The summed E-state index contributed by atoms with van der Waals surface area (Å²) in [5.41, 5.74) is 6.99. The maximum Gasteiger partial charge on any atom is 0.456 e. The number of fused-ring (bicyclic) bond motifs is 1. The van der Waals surface area contributed by atoms with Crippen molar-refractivity contribution >= 4 is 79.3 Å². The van der Waals surface area contributed by atoms with Gasteiger partial charge >= 0.3 is 24.7 Å². The van der Waals surface area contributed by atoms with Gasteiger partial charge in [-0.15, -0.1) is 45.3 Å². The fourth-order valence-corrected chi connectivity index (χ4v) is 6.19. The Labute approximate surface area is 413 Å². The van der Waals surface area contributed by atoms with Gasteiger partial charge in [-0.05, 0) is 80.8 Å². The molecule has 6 aromatic rings. The first kappa shape index (κ1) is 59.3. The minimum Gasteiger partial charge on any atom is -0.500 e. The number of benzene rings is 1. The average molecular weight is 1160 g/mol. The van der Waals surface area contributed by atoms with E-state index in [1.54, 1.807) is 45.8 Å². The summed E-state index contributed by atoms with van der Waals surface area (Å²) in [6.45, 7) is 0. The van der Waals surface area contributed by atoms with Crippen LogP contribution >= 0.6 is 45.3 Å². The van der Waals surface area contributed by atoms with Gasteiger partial charge in [0, 0.05) is 53.1 Å². The molecule has 0 aliphatic carbocycles. The Balaban J connectivity index is 0.000000419. The summed E-state index contributed by atoms with van der Waals surface area (Å²) in [7, 11) is 0. The van der Waals surface area contributed by atoms with E-state index in [-0.39, 0.29) is 55.1 Å². The van der Waals surface area contributed by atoms with E-state index in [1.807, 2.05) is 24.4 Å². The van der Waals surface area contributed by atoms with E-state index >= 15 is 0 Å². The molecule has 0 atom stereocenters. The van der Waals surface area contributed by atoms with E-state index in [4.69, 9.17) is 40.9 Å². The fraction of sp³-hybridized carbons (Fsp3) is 0.0976. The van der Waals surface area contributed by atoms with Gasteiger partial charge in [-0.2, -0.15) is 52.7 Å². The number of aliphatic hydroxyl groups is 8. The Morgan fingerprint density at radius 3 is 0.851 bits per heavy atom. The number of nitrogens with one attached hydrogen (secondary N) is 1. The summed E-state index contributed by atoms with van der Waals surface area (Å²) in [5.74, 6) is -10.7. The van der Waals surface area contributed by atoms with E-state index in [2.05, 4.69) is 23.2 Å². The number of allylic oxidation sites excluding steroid dienone is 4. The summed E-state index contributed by atoms with van der Waals surface area (Å²) in [5, 5.41) is 77.7. The second-order valence-electron chi connectivity index (χ2n) is 11.4. The van der Waals surface area contributed by atoms with E-state index in [0.29, 0.717) is 0 Å². The SMILES string of the molecule is OC(=C=C(O)C(F)(F)F)c1cccs1.OC(=C=C(O)C(F)(F)F)c1cccs1.OC(=C=C(O)C(F)(F)F)c1cccs1.OC(=C=C(O)C(F)(F)F)c1cccs1.[La].c1ccc2[nH+]cccc2c1. The second kappa shape index (κ2) is 27.2. The maximum absolute atomic E-state index is 11.8. The number of hydrogen-bond acceptors (Lipinski definition) is 12. The largest absolute Gasteiger partial charge is 0.500 e. The smallest absolute Gasteiger partial charge is 0.456 e. The van der Waals surface area contributed by atoms with Gasteiger partial charge in [-0.1, -0.05) is 36.4 Å². The van der Waals surface area contributed by atoms with Gasteiger partial charge in [0.15, 0.2) is 29.2 Å². The van der Waals surface area contributed by atoms with Crippen molar-refractivity contribution in [3.05, 3.63) is 178 Å². The molecule has 0 saturated heterocycles. The molecule has 1 aromatic carbocycles.